The molecule has 0 aliphatic heterocycles. The van der Waals surface area contributed by atoms with Gasteiger partial charge in [-0.25, -0.2) is 4.57 Å². The molecule has 59 heavy (non-hydrogen) atoms. The summed E-state index contributed by atoms with van der Waals surface area (Å²) in [5.74, 6) is -1.12. The highest BCUT2D eigenvalue weighted by Gasteiger charge is 2.51. The summed E-state index contributed by atoms with van der Waals surface area (Å²) < 4.78 is 33.5. The number of ether oxygens (including phenoxy) is 2. The van der Waals surface area contributed by atoms with Crippen molar-refractivity contribution in [1.29, 1.82) is 0 Å². The van der Waals surface area contributed by atoms with Gasteiger partial charge in [-0.15, -0.1) is 0 Å². The number of phosphoric acid groups is 1. The highest BCUT2D eigenvalue weighted by Crippen LogP contribution is 2.47. The van der Waals surface area contributed by atoms with Gasteiger partial charge in [0.05, 0.1) is 6.61 Å². The molecular formula is C45H79O13P. The van der Waals surface area contributed by atoms with Crippen LogP contribution in [-0.2, 0) is 32.7 Å². The van der Waals surface area contributed by atoms with Crippen LogP contribution in [0.25, 0.3) is 0 Å². The lowest BCUT2D eigenvalue weighted by molar-refractivity contribution is -0.220. The predicted octanol–water partition coefficient (Wildman–Crippen LogP) is 8.39. The maximum atomic E-state index is 12.8. The fourth-order valence-corrected chi connectivity index (χ4v) is 7.49. The molecule has 6 N–H and O–H groups in total. The Bertz CT molecular complexity index is 1220. The van der Waals surface area contributed by atoms with E-state index in [4.69, 9.17) is 18.5 Å². The molecule has 1 aliphatic carbocycles. The van der Waals surface area contributed by atoms with Crippen molar-refractivity contribution in [2.24, 2.45) is 0 Å². The summed E-state index contributed by atoms with van der Waals surface area (Å²) in [6.07, 6.45) is 27.4. The van der Waals surface area contributed by atoms with Crippen molar-refractivity contribution in [1.82, 2.24) is 0 Å². The number of rotatable bonds is 36. The zero-order valence-electron chi connectivity index (χ0n) is 36.0. The third-order valence-electron chi connectivity index (χ3n) is 10.2. The fraction of sp³-hybridized carbons (Fsp3) is 0.778. The Morgan fingerprint density at radius 1 is 0.542 bits per heavy atom. The van der Waals surface area contributed by atoms with Gasteiger partial charge in [-0.1, -0.05) is 140 Å². The van der Waals surface area contributed by atoms with Gasteiger partial charge in [0.2, 0.25) is 0 Å². The van der Waals surface area contributed by atoms with Crippen molar-refractivity contribution in [3.8, 4) is 0 Å². The number of aliphatic hydroxyl groups excluding tert-OH is 5. The molecule has 0 aromatic carbocycles. The minimum atomic E-state index is -5.12. The van der Waals surface area contributed by atoms with Crippen molar-refractivity contribution in [2.75, 3.05) is 13.2 Å². The van der Waals surface area contributed by atoms with Crippen molar-refractivity contribution >= 4 is 19.8 Å². The van der Waals surface area contributed by atoms with Crippen molar-refractivity contribution < 1.29 is 63.1 Å². The summed E-state index contributed by atoms with van der Waals surface area (Å²) in [7, 11) is -5.12. The third-order valence-corrected chi connectivity index (χ3v) is 11.1. The zero-order valence-corrected chi connectivity index (χ0v) is 36.9. The standard InChI is InChI=1S/C45H79O13P/c1-3-5-7-9-11-13-15-17-19-21-23-25-27-29-31-33-38(46)55-35-37(36-56-59(53,54)58-45-43(51)41(49)40(48)42(50)44(45)52)57-39(47)34-32-30-28-26-24-22-20-18-16-14-12-10-8-6-4-2/h5,7,10-13,17,19,37,40-45,48-52H,3-4,6,8-9,14-16,18,20-36H2,1-2H3,(H,53,54)/b7-5+,12-10+,13-11+,19-17+/t37-,40?,41-,42?,43?,44?,45?/m1/s1. The van der Waals surface area contributed by atoms with Gasteiger partial charge in [0.1, 0.15) is 43.2 Å². The van der Waals surface area contributed by atoms with Crippen LogP contribution in [0.1, 0.15) is 168 Å². The van der Waals surface area contributed by atoms with E-state index in [1.807, 2.05) is 0 Å². The summed E-state index contributed by atoms with van der Waals surface area (Å²) >= 11 is 0. The molecule has 6 unspecified atom stereocenters. The molecule has 8 atom stereocenters. The number of phosphoric ester groups is 1. The predicted molar refractivity (Wildman–Crippen MR) is 230 cm³/mol. The van der Waals surface area contributed by atoms with Gasteiger partial charge in [0.15, 0.2) is 6.10 Å². The lowest BCUT2D eigenvalue weighted by atomic mass is 9.85. The van der Waals surface area contributed by atoms with Crippen LogP contribution in [0, 0.1) is 0 Å². The maximum absolute atomic E-state index is 12.8. The summed E-state index contributed by atoms with van der Waals surface area (Å²) in [5, 5.41) is 50.1. The second-order valence-electron chi connectivity index (χ2n) is 15.5. The van der Waals surface area contributed by atoms with Crippen LogP contribution in [-0.4, -0.2) is 98.3 Å². The summed E-state index contributed by atoms with van der Waals surface area (Å²) in [4.78, 5) is 35.7. The van der Waals surface area contributed by atoms with Crippen LogP contribution in [0.3, 0.4) is 0 Å². The van der Waals surface area contributed by atoms with Crippen LogP contribution < -0.4 is 0 Å². The Morgan fingerprint density at radius 2 is 0.966 bits per heavy atom. The number of hydrogen-bond acceptors (Lipinski definition) is 12. The molecule has 1 rings (SSSR count). The number of esters is 2. The zero-order chi connectivity index (χ0) is 43.6. The number of unbranched alkanes of at least 4 members (excludes halogenated alkanes) is 16. The normalized spacial score (nSPS) is 22.8. The summed E-state index contributed by atoms with van der Waals surface area (Å²) in [5.41, 5.74) is 0. The minimum Gasteiger partial charge on any atom is -0.462 e. The Balaban J connectivity index is 2.48. The molecule has 342 valence electrons. The molecule has 14 heteroatoms. The van der Waals surface area contributed by atoms with E-state index in [0.29, 0.717) is 12.8 Å². The molecule has 0 saturated heterocycles. The van der Waals surface area contributed by atoms with Crippen LogP contribution in [0.5, 0.6) is 0 Å². The second-order valence-corrected chi connectivity index (χ2v) is 16.9. The maximum Gasteiger partial charge on any atom is 0.472 e. The number of carbonyl (C=O) groups excluding carboxylic acids is 2. The Labute approximate surface area is 354 Å². The molecule has 0 aromatic rings. The summed E-state index contributed by atoms with van der Waals surface area (Å²) in [6, 6.07) is 0. The fourth-order valence-electron chi connectivity index (χ4n) is 6.52. The largest absolute Gasteiger partial charge is 0.472 e. The Kier molecular flexibility index (Phi) is 32.9. The first-order chi connectivity index (χ1) is 28.4. The molecule has 0 radical (unpaired) electrons. The van der Waals surface area contributed by atoms with Crippen molar-refractivity contribution in [3.63, 3.8) is 0 Å². The molecule has 0 heterocycles. The van der Waals surface area contributed by atoms with E-state index in [1.54, 1.807) is 0 Å². The molecule has 0 spiro atoms. The lowest BCUT2D eigenvalue weighted by Crippen LogP contribution is -2.64. The molecule has 0 bridgehead atoms. The van der Waals surface area contributed by atoms with Crippen LogP contribution in [0.2, 0.25) is 0 Å². The smallest absolute Gasteiger partial charge is 0.462 e. The first kappa shape index (κ1) is 54.8. The van der Waals surface area contributed by atoms with Crippen LogP contribution in [0.15, 0.2) is 48.6 Å². The molecule has 1 fully saturated rings. The molecule has 0 aromatic heterocycles. The topological polar surface area (TPSA) is 210 Å². The van der Waals surface area contributed by atoms with E-state index in [-0.39, 0.29) is 12.8 Å². The number of carbonyl (C=O) groups is 2. The molecule has 1 saturated carbocycles. The first-order valence-electron chi connectivity index (χ1n) is 22.4. The SMILES string of the molecule is CC/C=C/C/C=C/C/C=C/CCCCCCCC(=O)OC[C@H](COP(=O)(O)OC1C(O)C(O)C(O)[C@@H](O)C1O)OC(=O)CCCCCCCCCCC/C=C/CCCC. The Morgan fingerprint density at radius 3 is 1.49 bits per heavy atom. The van der Waals surface area contributed by atoms with Gasteiger partial charge >= 0.3 is 19.8 Å². The average molecular weight is 859 g/mol. The van der Waals surface area contributed by atoms with Crippen molar-refractivity contribution in [2.45, 2.75) is 211 Å². The number of allylic oxidation sites excluding steroid dienone is 8. The van der Waals surface area contributed by atoms with Gasteiger partial charge in [0, 0.05) is 12.8 Å². The Hall–Kier alpha value is -2.19. The number of aliphatic hydroxyl groups is 5. The summed E-state index contributed by atoms with van der Waals surface area (Å²) in [6.45, 7) is 3.13. The third kappa shape index (κ3) is 28.1. The highest BCUT2D eigenvalue weighted by molar-refractivity contribution is 7.47. The van der Waals surface area contributed by atoms with Gasteiger partial charge in [0.25, 0.3) is 0 Å². The van der Waals surface area contributed by atoms with Gasteiger partial charge in [-0.05, 0) is 64.2 Å². The molecule has 0 amide bonds. The molecular weight excluding hydrogens is 779 g/mol. The highest BCUT2D eigenvalue weighted by atomic mass is 31.2. The molecule has 13 nitrogen and oxygen atoms in total. The first-order valence-corrected chi connectivity index (χ1v) is 23.9. The van der Waals surface area contributed by atoms with Crippen molar-refractivity contribution in [3.05, 3.63) is 48.6 Å². The van der Waals surface area contributed by atoms with E-state index in [0.717, 1.165) is 83.5 Å². The number of hydrogen-bond donors (Lipinski definition) is 6. The van der Waals surface area contributed by atoms with E-state index in [9.17, 15) is 44.6 Å². The quantitative estimate of drug-likeness (QED) is 0.0152. The average Bonchev–Trinajstić information content (AvgIpc) is 3.21. The monoisotopic (exact) mass is 859 g/mol. The molecule has 1 aliphatic rings. The van der Waals surface area contributed by atoms with E-state index in [2.05, 4.69) is 62.5 Å². The van der Waals surface area contributed by atoms with Gasteiger partial charge in [-0.2, -0.15) is 0 Å². The van der Waals surface area contributed by atoms with E-state index in [1.165, 1.54) is 44.9 Å². The lowest BCUT2D eigenvalue weighted by Gasteiger charge is -2.41. The van der Waals surface area contributed by atoms with Gasteiger partial charge < -0.3 is 39.9 Å². The van der Waals surface area contributed by atoms with Crippen LogP contribution >= 0.6 is 7.82 Å². The second kappa shape index (κ2) is 35.4. The van der Waals surface area contributed by atoms with E-state index < -0.39 is 75.7 Å². The van der Waals surface area contributed by atoms with Crippen LogP contribution in [0.4, 0.5) is 0 Å². The minimum absolute atomic E-state index is 0.0891. The van der Waals surface area contributed by atoms with Gasteiger partial charge in [-0.3, -0.25) is 18.6 Å². The van der Waals surface area contributed by atoms with E-state index >= 15 is 0 Å².